The molecule has 0 fully saturated rings. The molecule has 0 spiro atoms. The van der Waals surface area contributed by atoms with E-state index in [1.807, 2.05) is 13.8 Å². The molecule has 0 aromatic heterocycles. The van der Waals surface area contributed by atoms with Crippen molar-refractivity contribution >= 4 is 29.0 Å². The van der Waals surface area contributed by atoms with Gasteiger partial charge < -0.3 is 14.9 Å². The molecule has 2 aromatic rings. The Bertz CT molecular complexity index is 1060. The number of rotatable bonds is 7. The predicted octanol–water partition coefficient (Wildman–Crippen LogP) is 5.27. The lowest BCUT2D eigenvalue weighted by Gasteiger charge is -2.29. The second-order valence-corrected chi connectivity index (χ2v) is 8.39. The van der Waals surface area contributed by atoms with E-state index in [0.717, 1.165) is 5.56 Å². The number of amides is 1. The number of aliphatic hydroxyl groups is 1. The minimum atomic E-state index is -0.863. The molecule has 3 rings (SSSR count). The first-order valence-electron chi connectivity index (χ1n) is 10.2. The zero-order valence-corrected chi connectivity index (χ0v) is 18.7. The fourth-order valence-electron chi connectivity index (χ4n) is 3.80. The molecular weight excluding hydrogens is 418 g/mol. The lowest BCUT2D eigenvalue weighted by atomic mass is 9.91. The van der Waals surface area contributed by atoms with E-state index in [1.165, 1.54) is 11.0 Å². The average Bonchev–Trinajstić information content (AvgIpc) is 2.94. The van der Waals surface area contributed by atoms with Gasteiger partial charge in [0.25, 0.3) is 5.91 Å². The summed E-state index contributed by atoms with van der Waals surface area (Å²) in [6.45, 7) is 7.73. The minimum absolute atomic E-state index is 0.0428. The summed E-state index contributed by atoms with van der Waals surface area (Å²) in [5.74, 6) is -1.28. The summed E-state index contributed by atoms with van der Waals surface area (Å²) < 4.78 is 5.50. The van der Waals surface area contributed by atoms with Crippen LogP contribution >= 0.6 is 11.6 Å². The van der Waals surface area contributed by atoms with E-state index in [4.69, 9.17) is 16.3 Å². The maximum atomic E-state index is 13.2. The van der Waals surface area contributed by atoms with Gasteiger partial charge in [0, 0.05) is 17.1 Å². The topological polar surface area (TPSA) is 87.1 Å². The number of phenols is 1. The Balaban J connectivity index is 2.21. The number of anilines is 1. The van der Waals surface area contributed by atoms with E-state index in [1.54, 1.807) is 44.2 Å². The van der Waals surface area contributed by atoms with Gasteiger partial charge >= 0.3 is 0 Å². The van der Waals surface area contributed by atoms with Gasteiger partial charge in [0.15, 0.2) is 23.0 Å². The molecule has 1 aliphatic heterocycles. The molecule has 1 aliphatic rings. The number of phenolic OH excluding ortho intramolecular Hbond substituents is 1. The Labute approximate surface area is 186 Å². The maximum absolute atomic E-state index is 13.2. The molecule has 2 N–H and O–H groups in total. The number of Topliss-reactive ketones (excluding diaryl/α,β-unsaturated/α-hetero) is 1. The van der Waals surface area contributed by atoms with Crippen LogP contribution in [0, 0.1) is 12.8 Å². The van der Waals surface area contributed by atoms with E-state index in [-0.39, 0.29) is 35.2 Å². The molecule has 1 unspecified atom stereocenters. The van der Waals surface area contributed by atoms with E-state index in [9.17, 15) is 19.8 Å². The second kappa shape index (κ2) is 9.02. The van der Waals surface area contributed by atoms with Crippen LogP contribution in [0.5, 0.6) is 11.5 Å². The third-order valence-electron chi connectivity index (χ3n) is 5.12. The van der Waals surface area contributed by atoms with Crippen LogP contribution < -0.4 is 9.64 Å². The van der Waals surface area contributed by atoms with Crippen LogP contribution in [0.25, 0.3) is 0 Å². The van der Waals surface area contributed by atoms with Crippen LogP contribution in [0.15, 0.2) is 47.7 Å². The monoisotopic (exact) mass is 443 g/mol. The lowest BCUT2D eigenvalue weighted by Crippen LogP contribution is -2.31. The van der Waals surface area contributed by atoms with E-state index in [0.29, 0.717) is 22.9 Å². The molecule has 6 nitrogen and oxygen atoms in total. The molecular formula is C24H26ClNO5. The first kappa shape index (κ1) is 22.7. The summed E-state index contributed by atoms with van der Waals surface area (Å²) in [7, 11) is 0. The van der Waals surface area contributed by atoms with Crippen molar-refractivity contribution in [2.24, 2.45) is 5.92 Å². The molecule has 0 radical (unpaired) electrons. The number of aryl methyl sites for hydroxylation is 1. The summed E-state index contributed by atoms with van der Waals surface area (Å²) in [4.78, 5) is 27.6. The molecule has 0 saturated carbocycles. The summed E-state index contributed by atoms with van der Waals surface area (Å²) in [5.41, 5.74) is 1.84. The molecule has 0 bridgehead atoms. The summed E-state index contributed by atoms with van der Waals surface area (Å²) >= 11 is 6.09. The van der Waals surface area contributed by atoms with Gasteiger partial charge in [-0.05, 0) is 61.2 Å². The van der Waals surface area contributed by atoms with Crippen LogP contribution in [0.3, 0.4) is 0 Å². The number of hydrogen-bond acceptors (Lipinski definition) is 5. The summed E-state index contributed by atoms with van der Waals surface area (Å²) in [5, 5.41) is 21.4. The first-order chi connectivity index (χ1) is 14.6. The molecule has 1 atom stereocenters. The Morgan fingerprint density at radius 1 is 1.19 bits per heavy atom. The first-order valence-corrected chi connectivity index (χ1v) is 10.5. The normalized spacial score (nSPS) is 16.4. The number of carbonyl (C=O) groups excluding carboxylic acids is 2. The van der Waals surface area contributed by atoms with E-state index >= 15 is 0 Å². The number of carbonyl (C=O) groups is 2. The molecule has 31 heavy (non-hydrogen) atoms. The highest BCUT2D eigenvalue weighted by atomic mass is 35.5. The molecule has 1 amide bonds. The highest BCUT2D eigenvalue weighted by molar-refractivity contribution is 6.30. The van der Waals surface area contributed by atoms with Crippen LogP contribution in [0.1, 0.15) is 44.4 Å². The third kappa shape index (κ3) is 4.39. The summed E-state index contributed by atoms with van der Waals surface area (Å²) in [6, 6.07) is 8.87. The quantitative estimate of drug-likeness (QED) is 0.608. The van der Waals surface area contributed by atoms with Crippen LogP contribution in [-0.2, 0) is 9.59 Å². The van der Waals surface area contributed by atoms with Crippen molar-refractivity contribution in [2.75, 3.05) is 11.5 Å². The number of aliphatic hydroxyl groups excluding tert-OH is 1. The predicted molar refractivity (Wildman–Crippen MR) is 120 cm³/mol. The van der Waals surface area contributed by atoms with Crippen molar-refractivity contribution in [1.82, 2.24) is 0 Å². The number of halogens is 1. The number of ketones is 1. The van der Waals surface area contributed by atoms with Gasteiger partial charge in [-0.25, -0.2) is 0 Å². The van der Waals surface area contributed by atoms with Gasteiger partial charge in [0.1, 0.15) is 0 Å². The Morgan fingerprint density at radius 3 is 2.52 bits per heavy atom. The molecule has 7 heteroatoms. The zero-order chi connectivity index (χ0) is 22.9. The smallest absolute Gasteiger partial charge is 0.294 e. The van der Waals surface area contributed by atoms with Gasteiger partial charge in [-0.1, -0.05) is 31.5 Å². The minimum Gasteiger partial charge on any atom is -0.504 e. The van der Waals surface area contributed by atoms with Crippen LogP contribution in [0.4, 0.5) is 5.69 Å². The standard InChI is InChI=1S/C24H26ClNO5/c1-5-31-20-12-15(6-9-18(20)27)22-21(19(28)10-13(2)3)23(29)24(30)26(22)17-8-7-16(25)11-14(17)4/h6-9,11-13,22,27,29H,5,10H2,1-4H3. The third-order valence-corrected chi connectivity index (χ3v) is 5.36. The Kier molecular flexibility index (Phi) is 6.60. The van der Waals surface area contributed by atoms with Gasteiger partial charge in [0.2, 0.25) is 0 Å². The highest BCUT2D eigenvalue weighted by Gasteiger charge is 2.44. The van der Waals surface area contributed by atoms with Crippen molar-refractivity contribution in [3.63, 3.8) is 0 Å². The fraction of sp³-hybridized carbons (Fsp3) is 0.333. The molecule has 0 saturated heterocycles. The molecule has 2 aromatic carbocycles. The number of ether oxygens (including phenoxy) is 1. The van der Waals surface area contributed by atoms with Gasteiger partial charge in [-0.2, -0.15) is 0 Å². The fourth-order valence-corrected chi connectivity index (χ4v) is 4.02. The van der Waals surface area contributed by atoms with E-state index < -0.39 is 17.7 Å². The number of aromatic hydroxyl groups is 1. The Hall–Kier alpha value is -2.99. The second-order valence-electron chi connectivity index (χ2n) is 7.95. The van der Waals surface area contributed by atoms with Crippen molar-refractivity contribution < 1.29 is 24.5 Å². The molecule has 164 valence electrons. The zero-order valence-electron chi connectivity index (χ0n) is 18.0. The van der Waals surface area contributed by atoms with Crippen LogP contribution in [0.2, 0.25) is 5.02 Å². The van der Waals surface area contributed by atoms with Gasteiger partial charge in [0.05, 0.1) is 18.2 Å². The van der Waals surface area contributed by atoms with Crippen molar-refractivity contribution in [1.29, 1.82) is 0 Å². The van der Waals surface area contributed by atoms with Crippen LogP contribution in [-0.4, -0.2) is 28.5 Å². The largest absolute Gasteiger partial charge is 0.504 e. The maximum Gasteiger partial charge on any atom is 0.294 e. The lowest BCUT2D eigenvalue weighted by molar-refractivity contribution is -0.118. The van der Waals surface area contributed by atoms with E-state index in [2.05, 4.69) is 0 Å². The number of benzene rings is 2. The molecule has 1 heterocycles. The van der Waals surface area contributed by atoms with Gasteiger partial charge in [-0.3, -0.25) is 14.5 Å². The van der Waals surface area contributed by atoms with Crippen molar-refractivity contribution in [2.45, 2.75) is 40.2 Å². The Morgan fingerprint density at radius 2 is 1.90 bits per heavy atom. The van der Waals surface area contributed by atoms with Crippen molar-refractivity contribution in [3.05, 3.63) is 63.9 Å². The highest BCUT2D eigenvalue weighted by Crippen LogP contribution is 2.44. The summed E-state index contributed by atoms with van der Waals surface area (Å²) in [6.07, 6.45) is 0.188. The molecule has 0 aliphatic carbocycles. The van der Waals surface area contributed by atoms with Gasteiger partial charge in [-0.15, -0.1) is 0 Å². The SMILES string of the molecule is CCOc1cc(C2C(C(=O)CC(C)C)=C(O)C(=O)N2c2ccc(Cl)cc2C)ccc1O. The average molecular weight is 444 g/mol. The number of nitrogens with zero attached hydrogens (tertiary/aromatic N) is 1. The van der Waals surface area contributed by atoms with Crippen molar-refractivity contribution in [3.8, 4) is 11.5 Å². The number of hydrogen-bond donors (Lipinski definition) is 2.